The van der Waals surface area contributed by atoms with Gasteiger partial charge in [-0.05, 0) is 11.6 Å². The Hall–Kier alpha value is -1.88. The van der Waals surface area contributed by atoms with E-state index in [1.165, 1.54) is 0 Å². The molecule has 1 aliphatic heterocycles. The maximum atomic E-state index is 12.0. The molecule has 2 N–H and O–H groups in total. The zero-order valence-electron chi connectivity index (χ0n) is 12.7. The van der Waals surface area contributed by atoms with Crippen LogP contribution in [0.2, 0.25) is 5.02 Å². The highest BCUT2D eigenvalue weighted by Gasteiger charge is 2.32. The molecule has 0 radical (unpaired) electrons. The monoisotopic (exact) mass is 330 g/mol. The fraction of sp³-hybridized carbons (Fsp3) is 0.278. The van der Waals surface area contributed by atoms with Gasteiger partial charge in [0, 0.05) is 23.7 Å². The number of carbonyl (C=O) groups is 1. The van der Waals surface area contributed by atoms with Crippen LogP contribution in [0.15, 0.2) is 54.6 Å². The van der Waals surface area contributed by atoms with Crippen LogP contribution in [0.1, 0.15) is 23.3 Å². The predicted molar refractivity (Wildman–Crippen MR) is 90.1 cm³/mol. The summed E-state index contributed by atoms with van der Waals surface area (Å²) < 4.78 is 5.86. The van der Waals surface area contributed by atoms with Gasteiger partial charge in [0.2, 0.25) is 5.91 Å². The molecule has 1 aliphatic rings. The Balaban J connectivity index is 1.84. The SMILES string of the molecule is NC(=O)[C@H](c1ccccc1)N1CCO[C@H](c2ccccc2Cl)C1. The molecule has 0 saturated carbocycles. The smallest absolute Gasteiger partial charge is 0.239 e. The number of nitrogens with two attached hydrogens (primary N) is 1. The second-order valence-corrected chi connectivity index (χ2v) is 6.00. The van der Waals surface area contributed by atoms with Gasteiger partial charge in [0.05, 0.1) is 12.7 Å². The first kappa shape index (κ1) is 16.0. The van der Waals surface area contributed by atoms with Crippen molar-refractivity contribution in [1.82, 2.24) is 4.90 Å². The molecule has 0 aromatic heterocycles. The topological polar surface area (TPSA) is 55.6 Å². The third-order valence-electron chi connectivity index (χ3n) is 4.10. The Labute approximate surface area is 140 Å². The number of morpholine rings is 1. The molecule has 2 aromatic carbocycles. The number of amides is 1. The van der Waals surface area contributed by atoms with Gasteiger partial charge in [0.25, 0.3) is 0 Å². The van der Waals surface area contributed by atoms with Crippen LogP contribution in [0.4, 0.5) is 0 Å². The first-order valence-corrected chi connectivity index (χ1v) is 7.99. The molecule has 0 aliphatic carbocycles. The average Bonchev–Trinajstić information content (AvgIpc) is 2.56. The lowest BCUT2D eigenvalue weighted by Crippen LogP contribution is -2.45. The fourth-order valence-electron chi connectivity index (χ4n) is 3.02. The molecule has 1 saturated heterocycles. The molecule has 2 aromatic rings. The van der Waals surface area contributed by atoms with E-state index in [-0.39, 0.29) is 12.0 Å². The van der Waals surface area contributed by atoms with Gasteiger partial charge in [-0.15, -0.1) is 0 Å². The van der Waals surface area contributed by atoms with Crippen molar-refractivity contribution in [3.63, 3.8) is 0 Å². The number of carbonyl (C=O) groups excluding carboxylic acids is 1. The second-order valence-electron chi connectivity index (χ2n) is 5.59. The number of benzene rings is 2. The first-order valence-electron chi connectivity index (χ1n) is 7.61. The number of rotatable bonds is 4. The minimum Gasteiger partial charge on any atom is -0.371 e. The molecule has 1 heterocycles. The molecular formula is C18H19ClN2O2. The molecule has 5 heteroatoms. The number of ether oxygens (including phenoxy) is 1. The van der Waals surface area contributed by atoms with Crippen molar-refractivity contribution in [3.8, 4) is 0 Å². The number of halogens is 1. The van der Waals surface area contributed by atoms with E-state index in [2.05, 4.69) is 4.90 Å². The van der Waals surface area contributed by atoms with Gasteiger partial charge < -0.3 is 10.5 Å². The van der Waals surface area contributed by atoms with Gasteiger partial charge in [-0.25, -0.2) is 0 Å². The van der Waals surface area contributed by atoms with Crippen molar-refractivity contribution in [2.24, 2.45) is 5.73 Å². The first-order chi connectivity index (χ1) is 11.2. The summed E-state index contributed by atoms with van der Waals surface area (Å²) in [6.45, 7) is 1.77. The number of nitrogens with zero attached hydrogens (tertiary/aromatic N) is 1. The van der Waals surface area contributed by atoms with Crippen molar-refractivity contribution in [2.45, 2.75) is 12.1 Å². The lowest BCUT2D eigenvalue weighted by atomic mass is 10.0. The summed E-state index contributed by atoms with van der Waals surface area (Å²) in [6, 6.07) is 16.8. The molecule has 0 bridgehead atoms. The summed E-state index contributed by atoms with van der Waals surface area (Å²) in [4.78, 5) is 14.1. The Morgan fingerprint density at radius 3 is 2.57 bits per heavy atom. The van der Waals surface area contributed by atoms with E-state index >= 15 is 0 Å². The molecule has 0 unspecified atom stereocenters. The number of primary amides is 1. The standard InChI is InChI=1S/C18H19ClN2O2/c19-15-9-5-4-8-14(15)16-12-21(10-11-23-16)17(18(20)22)13-6-2-1-3-7-13/h1-9,16-17H,10-12H2,(H2,20,22)/t16-,17-/m0/s1. The van der Waals surface area contributed by atoms with E-state index < -0.39 is 6.04 Å². The molecule has 1 fully saturated rings. The Bertz CT molecular complexity index is 678. The van der Waals surface area contributed by atoms with Gasteiger partial charge in [-0.1, -0.05) is 60.1 Å². The summed E-state index contributed by atoms with van der Waals surface area (Å²) in [5.41, 5.74) is 7.51. The second kappa shape index (κ2) is 7.13. The summed E-state index contributed by atoms with van der Waals surface area (Å²) in [5, 5.41) is 0.676. The highest BCUT2D eigenvalue weighted by atomic mass is 35.5. The molecule has 120 valence electrons. The third-order valence-corrected chi connectivity index (χ3v) is 4.44. The molecule has 0 spiro atoms. The van der Waals surface area contributed by atoms with Gasteiger partial charge in [-0.2, -0.15) is 0 Å². The Kier molecular flexibility index (Phi) is 4.96. The zero-order valence-corrected chi connectivity index (χ0v) is 13.4. The van der Waals surface area contributed by atoms with Crippen LogP contribution in [-0.4, -0.2) is 30.5 Å². The van der Waals surface area contributed by atoms with E-state index in [1.807, 2.05) is 54.6 Å². The zero-order chi connectivity index (χ0) is 16.2. The van der Waals surface area contributed by atoms with Crippen molar-refractivity contribution in [1.29, 1.82) is 0 Å². The normalized spacial score (nSPS) is 20.1. The molecular weight excluding hydrogens is 312 g/mol. The van der Waals surface area contributed by atoms with Crippen LogP contribution in [0.25, 0.3) is 0 Å². The van der Waals surface area contributed by atoms with E-state index in [4.69, 9.17) is 22.1 Å². The summed E-state index contributed by atoms with van der Waals surface area (Å²) >= 11 is 6.27. The molecule has 3 rings (SSSR count). The fourth-order valence-corrected chi connectivity index (χ4v) is 3.28. The third kappa shape index (κ3) is 3.55. The Morgan fingerprint density at radius 2 is 1.87 bits per heavy atom. The van der Waals surface area contributed by atoms with Gasteiger partial charge in [-0.3, -0.25) is 9.69 Å². The van der Waals surface area contributed by atoms with E-state index in [0.717, 1.165) is 11.1 Å². The quantitative estimate of drug-likeness (QED) is 0.937. The average molecular weight is 331 g/mol. The lowest BCUT2D eigenvalue weighted by Gasteiger charge is -2.37. The molecule has 1 amide bonds. The molecule has 2 atom stereocenters. The van der Waals surface area contributed by atoms with E-state index in [9.17, 15) is 4.79 Å². The highest BCUT2D eigenvalue weighted by molar-refractivity contribution is 6.31. The van der Waals surface area contributed by atoms with Crippen LogP contribution in [0.5, 0.6) is 0 Å². The summed E-state index contributed by atoms with van der Waals surface area (Å²) in [7, 11) is 0. The van der Waals surface area contributed by atoms with Gasteiger partial charge in [0.1, 0.15) is 6.04 Å². The van der Waals surface area contributed by atoms with Crippen molar-refractivity contribution in [2.75, 3.05) is 19.7 Å². The maximum absolute atomic E-state index is 12.0. The van der Waals surface area contributed by atoms with Crippen molar-refractivity contribution in [3.05, 3.63) is 70.7 Å². The van der Waals surface area contributed by atoms with Crippen LogP contribution in [-0.2, 0) is 9.53 Å². The van der Waals surface area contributed by atoms with Crippen LogP contribution in [0.3, 0.4) is 0 Å². The summed E-state index contributed by atoms with van der Waals surface area (Å²) in [5.74, 6) is -0.351. The molecule has 4 nitrogen and oxygen atoms in total. The summed E-state index contributed by atoms with van der Waals surface area (Å²) in [6.07, 6.45) is -0.164. The van der Waals surface area contributed by atoms with Crippen LogP contribution in [0, 0.1) is 0 Å². The van der Waals surface area contributed by atoms with Gasteiger partial charge >= 0.3 is 0 Å². The van der Waals surface area contributed by atoms with E-state index in [0.29, 0.717) is 24.7 Å². The van der Waals surface area contributed by atoms with Crippen LogP contribution < -0.4 is 5.73 Å². The maximum Gasteiger partial charge on any atom is 0.239 e. The van der Waals surface area contributed by atoms with Crippen molar-refractivity contribution >= 4 is 17.5 Å². The van der Waals surface area contributed by atoms with Crippen molar-refractivity contribution < 1.29 is 9.53 Å². The largest absolute Gasteiger partial charge is 0.371 e. The highest BCUT2D eigenvalue weighted by Crippen LogP contribution is 2.31. The number of hydrogen-bond donors (Lipinski definition) is 1. The Morgan fingerprint density at radius 1 is 1.17 bits per heavy atom. The minimum atomic E-state index is -0.454. The van der Waals surface area contributed by atoms with Crippen LogP contribution >= 0.6 is 11.6 Å². The molecule has 23 heavy (non-hydrogen) atoms. The number of hydrogen-bond acceptors (Lipinski definition) is 3. The predicted octanol–water partition coefficient (Wildman–Crippen LogP) is 2.94. The minimum absolute atomic E-state index is 0.164. The lowest BCUT2D eigenvalue weighted by molar-refractivity contribution is -0.127. The van der Waals surface area contributed by atoms with Gasteiger partial charge in [0.15, 0.2) is 0 Å². The van der Waals surface area contributed by atoms with E-state index in [1.54, 1.807) is 0 Å².